The van der Waals surface area contributed by atoms with Crippen molar-refractivity contribution in [1.82, 2.24) is 0 Å². The fraction of sp³-hybridized carbons (Fsp3) is 0.250. The van der Waals surface area contributed by atoms with Gasteiger partial charge in [0.15, 0.2) is 0 Å². The van der Waals surface area contributed by atoms with E-state index in [-0.39, 0.29) is 18.2 Å². The van der Waals surface area contributed by atoms with Gasteiger partial charge in [0, 0.05) is 6.54 Å². The van der Waals surface area contributed by atoms with Crippen molar-refractivity contribution < 1.29 is 9.13 Å². The van der Waals surface area contributed by atoms with Crippen molar-refractivity contribution >= 4 is 12.4 Å². The van der Waals surface area contributed by atoms with Gasteiger partial charge in [0.1, 0.15) is 18.2 Å². The lowest BCUT2D eigenvalue weighted by Gasteiger charge is -2.02. The summed E-state index contributed by atoms with van der Waals surface area (Å²) in [5, 5.41) is 0. The molecule has 2 N–H and O–H groups in total. The van der Waals surface area contributed by atoms with Crippen molar-refractivity contribution in [1.29, 1.82) is 0 Å². The normalized spacial score (nSPS) is 8.83. The molecule has 0 bridgehead atoms. The fourth-order valence-corrected chi connectivity index (χ4v) is 0.708. The van der Waals surface area contributed by atoms with Gasteiger partial charge in [0.25, 0.3) is 0 Å². The highest BCUT2D eigenvalue weighted by atomic mass is 35.5. The van der Waals surface area contributed by atoms with Crippen LogP contribution in [0.1, 0.15) is 0 Å². The minimum absolute atomic E-state index is 0. The second-order valence-electron chi connectivity index (χ2n) is 2.09. The summed E-state index contributed by atoms with van der Waals surface area (Å²) in [6.45, 7) is 0.934. The van der Waals surface area contributed by atoms with Crippen molar-refractivity contribution in [2.24, 2.45) is 5.73 Å². The van der Waals surface area contributed by atoms with Crippen LogP contribution < -0.4 is 10.5 Å². The lowest BCUT2D eigenvalue weighted by atomic mass is 10.3. The monoisotopic (exact) mass is 191 g/mol. The molecule has 0 atom stereocenters. The summed E-state index contributed by atoms with van der Waals surface area (Å²) in [4.78, 5) is 0. The Kier molecular flexibility index (Phi) is 5.41. The maximum Gasteiger partial charge on any atom is 0.123 e. The van der Waals surface area contributed by atoms with Crippen LogP contribution in [0.4, 0.5) is 4.39 Å². The van der Waals surface area contributed by atoms with Crippen molar-refractivity contribution in [3.63, 3.8) is 0 Å². The first-order chi connectivity index (χ1) is 5.33. The van der Waals surface area contributed by atoms with Gasteiger partial charge in [-0.3, -0.25) is 0 Å². The number of halogens is 2. The Balaban J connectivity index is 0.00000121. The van der Waals surface area contributed by atoms with E-state index in [0.717, 1.165) is 0 Å². The van der Waals surface area contributed by atoms with Gasteiger partial charge in [0.2, 0.25) is 0 Å². The lowest BCUT2D eigenvalue weighted by Crippen LogP contribution is -2.10. The molecular formula is C8H11ClFNO. The maximum absolute atomic E-state index is 12.3. The third kappa shape index (κ3) is 3.55. The topological polar surface area (TPSA) is 35.2 Å². The van der Waals surface area contributed by atoms with Gasteiger partial charge in [-0.05, 0) is 24.3 Å². The first-order valence-corrected chi connectivity index (χ1v) is 3.41. The predicted octanol–water partition coefficient (Wildman–Crippen LogP) is 1.59. The first-order valence-electron chi connectivity index (χ1n) is 3.41. The van der Waals surface area contributed by atoms with Crippen molar-refractivity contribution in [2.75, 3.05) is 13.2 Å². The lowest BCUT2D eigenvalue weighted by molar-refractivity contribution is 0.328. The van der Waals surface area contributed by atoms with E-state index in [1.807, 2.05) is 0 Å². The molecule has 12 heavy (non-hydrogen) atoms. The third-order valence-electron chi connectivity index (χ3n) is 1.20. The number of hydrogen-bond donors (Lipinski definition) is 1. The zero-order valence-corrected chi connectivity index (χ0v) is 7.31. The van der Waals surface area contributed by atoms with E-state index in [2.05, 4.69) is 0 Å². The first kappa shape index (κ1) is 11.2. The van der Waals surface area contributed by atoms with Crippen molar-refractivity contribution in [3.05, 3.63) is 30.1 Å². The van der Waals surface area contributed by atoms with Crippen LogP contribution in [0.3, 0.4) is 0 Å². The quantitative estimate of drug-likeness (QED) is 0.788. The van der Waals surface area contributed by atoms with Crippen LogP contribution >= 0.6 is 12.4 Å². The number of nitrogens with two attached hydrogens (primary N) is 1. The Labute approximate surface area is 76.9 Å². The van der Waals surface area contributed by atoms with Gasteiger partial charge in [0.05, 0.1) is 0 Å². The molecule has 68 valence electrons. The molecule has 2 nitrogen and oxygen atoms in total. The number of benzene rings is 1. The van der Waals surface area contributed by atoms with Gasteiger partial charge in [-0.1, -0.05) is 0 Å². The van der Waals surface area contributed by atoms with Gasteiger partial charge in [-0.2, -0.15) is 0 Å². The molecule has 0 heterocycles. The highest BCUT2D eigenvalue weighted by Crippen LogP contribution is 2.10. The van der Waals surface area contributed by atoms with Gasteiger partial charge in [-0.25, -0.2) is 4.39 Å². The molecule has 0 radical (unpaired) electrons. The molecule has 1 rings (SSSR count). The van der Waals surface area contributed by atoms with Crippen LogP contribution in [-0.2, 0) is 0 Å². The predicted molar refractivity (Wildman–Crippen MR) is 48.2 cm³/mol. The molecule has 0 saturated heterocycles. The molecular weight excluding hydrogens is 181 g/mol. The third-order valence-corrected chi connectivity index (χ3v) is 1.20. The Bertz CT molecular complexity index is 215. The molecule has 0 fully saturated rings. The standard InChI is InChI=1S/C8H10FNO.ClH/c9-7-1-3-8(4-2-7)11-6-5-10;/h1-4H,5-6,10H2;1H. The second-order valence-corrected chi connectivity index (χ2v) is 2.09. The largest absolute Gasteiger partial charge is 0.492 e. The van der Waals surface area contributed by atoms with E-state index in [4.69, 9.17) is 10.5 Å². The molecule has 1 aromatic rings. The van der Waals surface area contributed by atoms with E-state index in [0.29, 0.717) is 18.9 Å². The van der Waals surface area contributed by atoms with Gasteiger partial charge >= 0.3 is 0 Å². The molecule has 0 aliphatic carbocycles. The molecule has 0 saturated carbocycles. The second kappa shape index (κ2) is 5.80. The molecule has 0 aliphatic rings. The fourth-order valence-electron chi connectivity index (χ4n) is 0.708. The maximum atomic E-state index is 12.3. The summed E-state index contributed by atoms with van der Waals surface area (Å²) >= 11 is 0. The van der Waals surface area contributed by atoms with E-state index >= 15 is 0 Å². The van der Waals surface area contributed by atoms with E-state index < -0.39 is 0 Å². The van der Waals surface area contributed by atoms with Crippen LogP contribution in [-0.4, -0.2) is 13.2 Å². The number of hydrogen-bond acceptors (Lipinski definition) is 2. The van der Waals surface area contributed by atoms with Gasteiger partial charge < -0.3 is 10.5 Å². The van der Waals surface area contributed by atoms with Crippen LogP contribution in [0.5, 0.6) is 5.75 Å². The highest BCUT2D eigenvalue weighted by Gasteiger charge is 1.91. The molecule has 1 aromatic carbocycles. The minimum atomic E-state index is -0.259. The van der Waals surface area contributed by atoms with Crippen molar-refractivity contribution in [3.8, 4) is 5.75 Å². The minimum Gasteiger partial charge on any atom is -0.492 e. The zero-order chi connectivity index (χ0) is 8.10. The molecule has 0 aromatic heterocycles. The van der Waals surface area contributed by atoms with E-state index in [9.17, 15) is 4.39 Å². The summed E-state index contributed by atoms with van der Waals surface area (Å²) < 4.78 is 17.4. The Morgan fingerprint density at radius 1 is 1.25 bits per heavy atom. The Morgan fingerprint density at radius 2 is 1.83 bits per heavy atom. The van der Waals surface area contributed by atoms with E-state index in [1.54, 1.807) is 12.1 Å². The summed E-state index contributed by atoms with van der Waals surface area (Å²) in [5.41, 5.74) is 5.21. The summed E-state index contributed by atoms with van der Waals surface area (Å²) in [6, 6.07) is 5.85. The zero-order valence-electron chi connectivity index (χ0n) is 6.50. The van der Waals surface area contributed by atoms with Crippen molar-refractivity contribution in [2.45, 2.75) is 0 Å². The molecule has 4 heteroatoms. The van der Waals surface area contributed by atoms with Crippen LogP contribution in [0.15, 0.2) is 24.3 Å². The molecule has 0 unspecified atom stereocenters. The van der Waals surface area contributed by atoms with Gasteiger partial charge in [-0.15, -0.1) is 12.4 Å². The van der Waals surface area contributed by atoms with Crippen LogP contribution in [0, 0.1) is 5.82 Å². The number of ether oxygens (including phenoxy) is 1. The average molecular weight is 192 g/mol. The summed E-state index contributed by atoms with van der Waals surface area (Å²) in [6.07, 6.45) is 0. The molecule has 0 aliphatic heterocycles. The van der Waals surface area contributed by atoms with E-state index in [1.165, 1.54) is 12.1 Å². The Morgan fingerprint density at radius 3 is 2.33 bits per heavy atom. The van der Waals surface area contributed by atoms with Crippen LogP contribution in [0.25, 0.3) is 0 Å². The van der Waals surface area contributed by atoms with Crippen LogP contribution in [0.2, 0.25) is 0 Å². The highest BCUT2D eigenvalue weighted by molar-refractivity contribution is 5.85. The Hall–Kier alpha value is -0.800. The summed E-state index contributed by atoms with van der Waals surface area (Å²) in [5.74, 6) is 0.391. The average Bonchev–Trinajstić information content (AvgIpc) is 2.04. The molecule has 0 spiro atoms. The smallest absolute Gasteiger partial charge is 0.123 e. The summed E-state index contributed by atoms with van der Waals surface area (Å²) in [7, 11) is 0. The molecule has 0 amide bonds. The number of rotatable bonds is 3. The SMILES string of the molecule is Cl.NCCOc1ccc(F)cc1.